The second-order valence-electron chi connectivity index (χ2n) is 5.26. The van der Waals surface area contributed by atoms with Gasteiger partial charge in [0.1, 0.15) is 11.5 Å². The maximum atomic E-state index is 11.3. The van der Waals surface area contributed by atoms with Crippen LogP contribution in [0, 0.1) is 0 Å². The van der Waals surface area contributed by atoms with Gasteiger partial charge in [0.15, 0.2) is 0 Å². The van der Waals surface area contributed by atoms with Gasteiger partial charge in [0.05, 0.1) is 11.7 Å². The van der Waals surface area contributed by atoms with Crippen LogP contribution in [0.25, 0.3) is 0 Å². The van der Waals surface area contributed by atoms with Gasteiger partial charge in [0.2, 0.25) is 0 Å². The van der Waals surface area contributed by atoms with Crippen molar-refractivity contribution in [3.63, 3.8) is 0 Å². The molecule has 1 N–H and O–H groups in total. The van der Waals surface area contributed by atoms with E-state index in [-0.39, 0.29) is 11.9 Å². The Labute approximate surface area is 108 Å². The Morgan fingerprint density at radius 3 is 2.56 bits per heavy atom. The van der Waals surface area contributed by atoms with Gasteiger partial charge >= 0.3 is 0 Å². The standard InChI is InChI=1S/C15H20O3/c1-11(2)18-14-5-3-4-12(10-14)15(17)8-6-13(16)7-9-15/h3-5,10-11,17H,6-9H2,1-2H3. The van der Waals surface area contributed by atoms with Crippen molar-refractivity contribution < 1.29 is 14.6 Å². The fraction of sp³-hybridized carbons (Fsp3) is 0.533. The van der Waals surface area contributed by atoms with Gasteiger partial charge in [-0.05, 0) is 44.4 Å². The molecule has 1 aliphatic carbocycles. The first kappa shape index (κ1) is 13.1. The largest absolute Gasteiger partial charge is 0.491 e. The summed E-state index contributed by atoms with van der Waals surface area (Å²) in [4.78, 5) is 11.3. The maximum absolute atomic E-state index is 11.3. The van der Waals surface area contributed by atoms with Crippen LogP contribution in [-0.2, 0) is 10.4 Å². The minimum Gasteiger partial charge on any atom is -0.491 e. The summed E-state index contributed by atoms with van der Waals surface area (Å²) in [7, 11) is 0. The van der Waals surface area contributed by atoms with E-state index >= 15 is 0 Å². The first-order valence-electron chi connectivity index (χ1n) is 6.51. The molecule has 0 saturated heterocycles. The summed E-state index contributed by atoms with van der Waals surface area (Å²) in [5, 5.41) is 10.6. The van der Waals surface area contributed by atoms with Crippen LogP contribution in [0.2, 0.25) is 0 Å². The van der Waals surface area contributed by atoms with Crippen molar-refractivity contribution in [2.75, 3.05) is 0 Å². The first-order chi connectivity index (χ1) is 8.49. The lowest BCUT2D eigenvalue weighted by Crippen LogP contribution is -2.31. The van der Waals surface area contributed by atoms with E-state index in [4.69, 9.17) is 4.74 Å². The highest BCUT2D eigenvalue weighted by Crippen LogP contribution is 2.36. The maximum Gasteiger partial charge on any atom is 0.133 e. The van der Waals surface area contributed by atoms with Gasteiger partial charge in [-0.25, -0.2) is 0 Å². The molecule has 1 aliphatic rings. The van der Waals surface area contributed by atoms with Crippen LogP contribution in [0.1, 0.15) is 45.1 Å². The lowest BCUT2D eigenvalue weighted by atomic mass is 9.79. The number of benzene rings is 1. The summed E-state index contributed by atoms with van der Waals surface area (Å²) in [6, 6.07) is 7.57. The fourth-order valence-electron chi connectivity index (χ4n) is 2.36. The molecule has 0 radical (unpaired) electrons. The van der Waals surface area contributed by atoms with E-state index in [9.17, 15) is 9.90 Å². The van der Waals surface area contributed by atoms with Crippen LogP contribution in [0.3, 0.4) is 0 Å². The Morgan fingerprint density at radius 2 is 1.94 bits per heavy atom. The molecule has 0 atom stereocenters. The van der Waals surface area contributed by atoms with Crippen molar-refractivity contribution in [2.24, 2.45) is 0 Å². The summed E-state index contributed by atoms with van der Waals surface area (Å²) < 4.78 is 5.63. The van der Waals surface area contributed by atoms with Crippen LogP contribution < -0.4 is 4.74 Å². The van der Waals surface area contributed by atoms with Crippen molar-refractivity contribution in [1.29, 1.82) is 0 Å². The summed E-state index contributed by atoms with van der Waals surface area (Å²) in [6.07, 6.45) is 2.06. The Morgan fingerprint density at radius 1 is 1.28 bits per heavy atom. The quantitative estimate of drug-likeness (QED) is 0.894. The Kier molecular flexibility index (Phi) is 3.71. The number of Topliss-reactive ketones (excluding diaryl/α,β-unsaturated/α-hetero) is 1. The van der Waals surface area contributed by atoms with Gasteiger partial charge in [-0.1, -0.05) is 12.1 Å². The summed E-state index contributed by atoms with van der Waals surface area (Å²) >= 11 is 0. The molecular weight excluding hydrogens is 228 g/mol. The molecule has 1 fully saturated rings. The van der Waals surface area contributed by atoms with Crippen LogP contribution in [-0.4, -0.2) is 17.0 Å². The van der Waals surface area contributed by atoms with Crippen LogP contribution in [0.4, 0.5) is 0 Å². The zero-order chi connectivity index (χ0) is 13.2. The number of carbonyl (C=O) groups excluding carboxylic acids is 1. The lowest BCUT2D eigenvalue weighted by Gasteiger charge is -2.32. The van der Waals surface area contributed by atoms with Gasteiger partial charge in [0, 0.05) is 12.8 Å². The minimum atomic E-state index is -0.871. The Bertz CT molecular complexity index is 427. The zero-order valence-corrected chi connectivity index (χ0v) is 11.0. The number of aliphatic hydroxyl groups is 1. The van der Waals surface area contributed by atoms with E-state index in [1.54, 1.807) is 0 Å². The predicted molar refractivity (Wildman–Crippen MR) is 69.6 cm³/mol. The lowest BCUT2D eigenvalue weighted by molar-refractivity contribution is -0.125. The number of ether oxygens (including phenoxy) is 1. The molecule has 1 saturated carbocycles. The SMILES string of the molecule is CC(C)Oc1cccc(C2(O)CCC(=O)CC2)c1. The van der Waals surface area contributed by atoms with Crippen molar-refractivity contribution >= 4 is 5.78 Å². The molecule has 98 valence electrons. The smallest absolute Gasteiger partial charge is 0.133 e. The van der Waals surface area contributed by atoms with Crippen molar-refractivity contribution in [3.8, 4) is 5.75 Å². The normalized spacial score (nSPS) is 19.0. The molecule has 0 unspecified atom stereocenters. The number of hydrogen-bond acceptors (Lipinski definition) is 3. The molecule has 0 aliphatic heterocycles. The molecule has 0 heterocycles. The molecular formula is C15H20O3. The first-order valence-corrected chi connectivity index (χ1v) is 6.51. The van der Waals surface area contributed by atoms with E-state index in [1.807, 2.05) is 38.1 Å². The van der Waals surface area contributed by atoms with E-state index in [2.05, 4.69) is 0 Å². The van der Waals surface area contributed by atoms with E-state index in [0.717, 1.165) is 11.3 Å². The van der Waals surface area contributed by atoms with Crippen LogP contribution in [0.15, 0.2) is 24.3 Å². The number of rotatable bonds is 3. The monoisotopic (exact) mass is 248 g/mol. The minimum absolute atomic E-state index is 0.114. The number of hydrogen-bond donors (Lipinski definition) is 1. The molecule has 0 bridgehead atoms. The predicted octanol–water partition coefficient (Wildman–Crippen LogP) is 2.80. The molecule has 1 aromatic rings. The molecule has 1 aromatic carbocycles. The topological polar surface area (TPSA) is 46.5 Å². The Hall–Kier alpha value is -1.35. The van der Waals surface area contributed by atoms with Gasteiger partial charge in [-0.15, -0.1) is 0 Å². The van der Waals surface area contributed by atoms with Crippen molar-refractivity contribution in [1.82, 2.24) is 0 Å². The Balaban J connectivity index is 2.19. The fourth-order valence-corrected chi connectivity index (χ4v) is 2.36. The van der Waals surface area contributed by atoms with E-state index in [0.29, 0.717) is 25.7 Å². The second kappa shape index (κ2) is 5.11. The van der Waals surface area contributed by atoms with E-state index < -0.39 is 5.60 Å². The van der Waals surface area contributed by atoms with Gasteiger partial charge in [-0.2, -0.15) is 0 Å². The highest BCUT2D eigenvalue weighted by molar-refractivity contribution is 5.79. The highest BCUT2D eigenvalue weighted by atomic mass is 16.5. The molecule has 18 heavy (non-hydrogen) atoms. The second-order valence-corrected chi connectivity index (χ2v) is 5.26. The molecule has 0 amide bonds. The van der Waals surface area contributed by atoms with E-state index in [1.165, 1.54) is 0 Å². The summed E-state index contributed by atoms with van der Waals surface area (Å²) in [5.74, 6) is 1.02. The third kappa shape index (κ3) is 2.91. The van der Waals surface area contributed by atoms with Crippen molar-refractivity contribution in [3.05, 3.63) is 29.8 Å². The number of ketones is 1. The van der Waals surface area contributed by atoms with Crippen molar-refractivity contribution in [2.45, 2.75) is 51.2 Å². The molecule has 0 aromatic heterocycles. The summed E-state index contributed by atoms with van der Waals surface area (Å²) in [6.45, 7) is 3.95. The number of carbonyl (C=O) groups is 1. The average molecular weight is 248 g/mol. The zero-order valence-electron chi connectivity index (χ0n) is 11.0. The molecule has 3 heteroatoms. The van der Waals surface area contributed by atoms with Crippen LogP contribution >= 0.6 is 0 Å². The highest BCUT2D eigenvalue weighted by Gasteiger charge is 2.34. The third-order valence-corrected chi connectivity index (χ3v) is 3.38. The third-order valence-electron chi connectivity index (χ3n) is 3.38. The summed E-state index contributed by atoms with van der Waals surface area (Å²) in [5.41, 5.74) is -0.0160. The van der Waals surface area contributed by atoms with Crippen LogP contribution in [0.5, 0.6) is 5.75 Å². The molecule has 2 rings (SSSR count). The van der Waals surface area contributed by atoms with Gasteiger partial charge < -0.3 is 9.84 Å². The average Bonchev–Trinajstić information content (AvgIpc) is 2.33. The van der Waals surface area contributed by atoms with Gasteiger partial charge in [-0.3, -0.25) is 4.79 Å². The molecule has 3 nitrogen and oxygen atoms in total. The molecule has 0 spiro atoms. The van der Waals surface area contributed by atoms with Gasteiger partial charge in [0.25, 0.3) is 0 Å².